The zero-order valence-electron chi connectivity index (χ0n) is 14.3. The molecule has 132 valence electrons. The fourth-order valence-corrected chi connectivity index (χ4v) is 4.53. The zero-order valence-corrected chi connectivity index (χ0v) is 16.7. The number of rotatable bonds is 2. The van der Waals surface area contributed by atoms with Crippen molar-refractivity contribution in [2.45, 2.75) is 13.8 Å². The average molecular weight is 431 g/mol. The number of imidazole rings is 1. The number of nitrogens with zero attached hydrogens (tertiary/aromatic N) is 2. The molecular weight excluding hydrogens is 416 g/mol. The maximum atomic E-state index is 12.9. The lowest BCUT2D eigenvalue weighted by atomic mass is 10.1. The third kappa shape index (κ3) is 2.59. The predicted molar refractivity (Wildman–Crippen MR) is 107 cm³/mol. The zero-order chi connectivity index (χ0) is 18.6. The molecule has 0 bridgehead atoms. The molecule has 4 rings (SSSR count). The van der Waals surface area contributed by atoms with Crippen LogP contribution in [0.25, 0.3) is 22.1 Å². The summed E-state index contributed by atoms with van der Waals surface area (Å²) in [6, 6.07) is 7.48. The molecule has 2 aromatic heterocycles. The van der Waals surface area contributed by atoms with Crippen LogP contribution < -0.4 is 14.8 Å². The normalized spacial score (nSPS) is 12.4. The van der Waals surface area contributed by atoms with Gasteiger partial charge in [0.1, 0.15) is 0 Å². The Kier molecular flexibility index (Phi) is 4.00. The summed E-state index contributed by atoms with van der Waals surface area (Å²) >= 11 is 4.65. The van der Waals surface area contributed by atoms with Crippen LogP contribution in [-0.2, 0) is 0 Å². The summed E-state index contributed by atoms with van der Waals surface area (Å²) in [5, 5.41) is 9.94. The molecule has 5 nitrogen and oxygen atoms in total. The Hall–Kier alpha value is -2.38. The van der Waals surface area contributed by atoms with E-state index in [-0.39, 0.29) is 11.3 Å². The Morgan fingerprint density at radius 3 is 2.77 bits per heavy atom. The number of aryl methyl sites for hydroxylation is 2. The van der Waals surface area contributed by atoms with E-state index in [0.29, 0.717) is 19.7 Å². The van der Waals surface area contributed by atoms with Gasteiger partial charge in [-0.3, -0.25) is 4.79 Å². The Labute approximate surface area is 161 Å². The number of fused-ring (bicyclic) bond motifs is 3. The highest BCUT2D eigenvalue weighted by Gasteiger charge is 2.14. The number of aromatic hydroxyl groups is 1. The molecule has 0 unspecified atom stereocenters. The van der Waals surface area contributed by atoms with Gasteiger partial charge in [-0.25, -0.2) is 9.38 Å². The standard InChI is InChI=1S/C19H15BrN2O3S/c1-9-4-10(2)16-13(5-9)22-18(24)15(26-19(22)21-16)8-11-6-12(20)17(23)14(7-11)25-3/h4-8,23H,1-3H3/b15-8+. The van der Waals surface area contributed by atoms with E-state index in [1.54, 1.807) is 22.6 Å². The van der Waals surface area contributed by atoms with Gasteiger partial charge in [-0.05, 0) is 70.7 Å². The molecule has 26 heavy (non-hydrogen) atoms. The van der Waals surface area contributed by atoms with Crippen molar-refractivity contribution in [1.82, 2.24) is 9.38 Å². The second-order valence-electron chi connectivity index (χ2n) is 6.15. The van der Waals surface area contributed by atoms with Crippen molar-refractivity contribution in [1.29, 1.82) is 0 Å². The highest BCUT2D eigenvalue weighted by atomic mass is 79.9. The van der Waals surface area contributed by atoms with Gasteiger partial charge in [-0.2, -0.15) is 0 Å². The van der Waals surface area contributed by atoms with Gasteiger partial charge in [0.25, 0.3) is 5.56 Å². The molecule has 1 N–H and O–H groups in total. The topological polar surface area (TPSA) is 63.8 Å². The van der Waals surface area contributed by atoms with E-state index in [0.717, 1.165) is 27.7 Å². The maximum absolute atomic E-state index is 12.9. The molecule has 0 saturated heterocycles. The number of hydrogen-bond donors (Lipinski definition) is 1. The van der Waals surface area contributed by atoms with Gasteiger partial charge in [0.05, 0.1) is 27.1 Å². The fraction of sp³-hybridized carbons (Fsp3) is 0.158. The van der Waals surface area contributed by atoms with Gasteiger partial charge in [-0.1, -0.05) is 17.4 Å². The maximum Gasteiger partial charge on any atom is 0.274 e. The molecular formula is C19H15BrN2O3S. The van der Waals surface area contributed by atoms with Crippen LogP contribution >= 0.6 is 27.3 Å². The first kappa shape index (κ1) is 17.1. The van der Waals surface area contributed by atoms with Gasteiger partial charge in [0.2, 0.25) is 0 Å². The number of phenolic OH excluding ortho intramolecular Hbond substituents is 1. The lowest BCUT2D eigenvalue weighted by Gasteiger charge is -2.06. The van der Waals surface area contributed by atoms with Crippen molar-refractivity contribution < 1.29 is 9.84 Å². The second-order valence-corrected chi connectivity index (χ2v) is 8.01. The molecule has 0 saturated carbocycles. The minimum absolute atomic E-state index is 0.0323. The summed E-state index contributed by atoms with van der Waals surface area (Å²) < 4.78 is 7.92. The predicted octanol–water partition coefficient (Wildman–Crippen LogP) is 3.55. The van der Waals surface area contributed by atoms with Crippen molar-refractivity contribution >= 4 is 49.3 Å². The second kappa shape index (κ2) is 6.10. The number of phenols is 1. The summed E-state index contributed by atoms with van der Waals surface area (Å²) in [6.07, 6.45) is 1.78. The van der Waals surface area contributed by atoms with E-state index in [4.69, 9.17) is 4.74 Å². The van der Waals surface area contributed by atoms with Crippen molar-refractivity contribution in [2.75, 3.05) is 7.11 Å². The summed E-state index contributed by atoms with van der Waals surface area (Å²) in [5.41, 5.74) is 4.51. The lowest BCUT2D eigenvalue weighted by Crippen LogP contribution is -2.22. The molecule has 7 heteroatoms. The van der Waals surface area contributed by atoms with Crippen LogP contribution in [0.5, 0.6) is 11.5 Å². The number of methoxy groups -OCH3 is 1. The molecule has 0 spiro atoms. The summed E-state index contributed by atoms with van der Waals surface area (Å²) in [6.45, 7) is 4.01. The molecule has 2 aromatic carbocycles. The minimum Gasteiger partial charge on any atom is -0.503 e. The molecule has 0 amide bonds. The third-order valence-corrected chi connectivity index (χ3v) is 5.82. The fourth-order valence-electron chi connectivity index (χ4n) is 3.09. The first-order valence-corrected chi connectivity index (χ1v) is 9.50. The van der Waals surface area contributed by atoms with E-state index >= 15 is 0 Å². The molecule has 0 radical (unpaired) electrons. The summed E-state index contributed by atoms with van der Waals surface area (Å²) in [7, 11) is 1.49. The number of hydrogen-bond acceptors (Lipinski definition) is 5. The SMILES string of the molecule is COc1cc(/C=c2/sc3nc4c(C)cc(C)cc4n3c2=O)cc(Br)c1O. The van der Waals surface area contributed by atoms with E-state index < -0.39 is 0 Å². The van der Waals surface area contributed by atoms with Gasteiger partial charge in [0, 0.05) is 0 Å². The molecule has 0 atom stereocenters. The van der Waals surface area contributed by atoms with Crippen LogP contribution in [0.15, 0.2) is 33.5 Å². The highest BCUT2D eigenvalue weighted by Crippen LogP contribution is 2.35. The molecule has 0 aliphatic heterocycles. The van der Waals surface area contributed by atoms with Crippen LogP contribution in [0.1, 0.15) is 16.7 Å². The first-order valence-electron chi connectivity index (χ1n) is 7.89. The Bertz CT molecular complexity index is 1290. The number of aromatic nitrogens is 2. The molecule has 0 fully saturated rings. The smallest absolute Gasteiger partial charge is 0.274 e. The average Bonchev–Trinajstić information content (AvgIpc) is 3.08. The Morgan fingerprint density at radius 2 is 2.04 bits per heavy atom. The quantitative estimate of drug-likeness (QED) is 0.528. The Morgan fingerprint density at radius 1 is 1.27 bits per heavy atom. The van der Waals surface area contributed by atoms with E-state index in [9.17, 15) is 9.90 Å². The minimum atomic E-state index is -0.0966. The molecule has 0 aliphatic carbocycles. The van der Waals surface area contributed by atoms with Crippen molar-refractivity contribution in [2.24, 2.45) is 0 Å². The third-order valence-electron chi connectivity index (χ3n) is 4.25. The van der Waals surface area contributed by atoms with E-state index in [1.165, 1.54) is 18.4 Å². The van der Waals surface area contributed by atoms with Crippen LogP contribution in [0.2, 0.25) is 0 Å². The largest absolute Gasteiger partial charge is 0.503 e. The van der Waals surface area contributed by atoms with Crippen molar-refractivity contribution in [3.05, 3.63) is 60.3 Å². The number of ether oxygens (including phenoxy) is 1. The molecule has 4 aromatic rings. The summed E-state index contributed by atoms with van der Waals surface area (Å²) in [4.78, 5) is 18.3. The molecule has 2 heterocycles. The van der Waals surface area contributed by atoms with Gasteiger partial charge in [-0.15, -0.1) is 0 Å². The van der Waals surface area contributed by atoms with Crippen LogP contribution in [0.3, 0.4) is 0 Å². The highest BCUT2D eigenvalue weighted by molar-refractivity contribution is 9.10. The number of thiazole rings is 1. The lowest BCUT2D eigenvalue weighted by molar-refractivity contribution is 0.372. The first-order chi connectivity index (χ1) is 12.4. The van der Waals surface area contributed by atoms with E-state index in [2.05, 4.69) is 27.0 Å². The van der Waals surface area contributed by atoms with Gasteiger partial charge >= 0.3 is 0 Å². The van der Waals surface area contributed by atoms with Crippen LogP contribution in [0, 0.1) is 13.8 Å². The van der Waals surface area contributed by atoms with Crippen molar-refractivity contribution in [3.63, 3.8) is 0 Å². The number of benzene rings is 2. The monoisotopic (exact) mass is 430 g/mol. The summed E-state index contributed by atoms with van der Waals surface area (Å²) in [5.74, 6) is 0.376. The van der Waals surface area contributed by atoms with Crippen LogP contribution in [0.4, 0.5) is 0 Å². The molecule has 0 aliphatic rings. The van der Waals surface area contributed by atoms with E-state index in [1.807, 2.05) is 19.9 Å². The number of halogens is 1. The van der Waals surface area contributed by atoms with Gasteiger partial charge < -0.3 is 9.84 Å². The Balaban J connectivity index is 1.99. The van der Waals surface area contributed by atoms with Gasteiger partial charge in [0.15, 0.2) is 16.5 Å². The van der Waals surface area contributed by atoms with Crippen LogP contribution in [-0.4, -0.2) is 21.6 Å². The van der Waals surface area contributed by atoms with Crippen molar-refractivity contribution in [3.8, 4) is 11.5 Å².